The van der Waals surface area contributed by atoms with Gasteiger partial charge in [-0.3, -0.25) is 9.69 Å². The fourth-order valence-electron chi connectivity index (χ4n) is 4.81. The van der Waals surface area contributed by atoms with Crippen molar-refractivity contribution in [3.05, 3.63) is 86.9 Å². The van der Waals surface area contributed by atoms with Crippen molar-refractivity contribution in [3.8, 4) is 11.5 Å². The van der Waals surface area contributed by atoms with Crippen molar-refractivity contribution in [2.75, 3.05) is 6.73 Å². The summed E-state index contributed by atoms with van der Waals surface area (Å²) in [6.07, 6.45) is 3.96. The van der Waals surface area contributed by atoms with E-state index in [9.17, 15) is 4.79 Å². The summed E-state index contributed by atoms with van der Waals surface area (Å²) in [5.74, 6) is 1.76. The van der Waals surface area contributed by atoms with Gasteiger partial charge in [-0.05, 0) is 43.5 Å². The third-order valence-electron chi connectivity index (χ3n) is 6.41. The van der Waals surface area contributed by atoms with Crippen LogP contribution in [0.4, 0.5) is 0 Å². The third-order valence-corrected chi connectivity index (χ3v) is 7.27. The minimum atomic E-state index is -0.0698. The molecule has 0 N–H and O–H groups in total. The lowest BCUT2D eigenvalue weighted by molar-refractivity contribution is 0.0886. The predicted octanol–water partition coefficient (Wildman–Crippen LogP) is 6.00. The van der Waals surface area contributed by atoms with Crippen molar-refractivity contribution in [2.45, 2.75) is 33.5 Å². The molecule has 6 rings (SSSR count). The zero-order chi connectivity index (χ0) is 22.5. The van der Waals surface area contributed by atoms with Gasteiger partial charge in [0.15, 0.2) is 5.76 Å². The van der Waals surface area contributed by atoms with Gasteiger partial charge in [0.05, 0.1) is 5.56 Å². The SMILES string of the molecule is CCn1cc(/C=C2\Oc3c(cc4c(c3C)OCN(Cc3cccs3)C4)C2=O)c2ccccc21. The summed E-state index contributed by atoms with van der Waals surface area (Å²) >= 11 is 1.75. The lowest BCUT2D eigenvalue weighted by atomic mass is 10.00. The van der Waals surface area contributed by atoms with Crippen LogP contribution >= 0.6 is 11.3 Å². The van der Waals surface area contributed by atoms with Crippen molar-refractivity contribution < 1.29 is 14.3 Å². The van der Waals surface area contributed by atoms with E-state index in [1.807, 2.05) is 31.2 Å². The standard InChI is InChI=1S/C27H24N2O3S/c1-3-29-14-18(21-8-4-5-9-23(21)29)12-24-25(30)22-11-19-13-28(15-20-7-6-10-33-20)16-31-26(19)17(2)27(22)32-24/h4-12,14H,3,13,15-16H2,1-2H3/b24-12-. The van der Waals surface area contributed by atoms with Crippen molar-refractivity contribution >= 4 is 34.1 Å². The van der Waals surface area contributed by atoms with Gasteiger partial charge in [-0.25, -0.2) is 0 Å². The molecule has 0 amide bonds. The van der Waals surface area contributed by atoms with Gasteiger partial charge in [0.25, 0.3) is 0 Å². The zero-order valence-corrected chi connectivity index (χ0v) is 19.4. The van der Waals surface area contributed by atoms with Crippen LogP contribution in [0.2, 0.25) is 0 Å². The number of fused-ring (bicyclic) bond motifs is 3. The Labute approximate surface area is 196 Å². The Morgan fingerprint density at radius 1 is 1.15 bits per heavy atom. The van der Waals surface area contributed by atoms with E-state index in [2.05, 4.69) is 52.2 Å². The molecule has 2 aliphatic heterocycles. The van der Waals surface area contributed by atoms with Crippen LogP contribution in [0, 0.1) is 6.92 Å². The Kier molecular flexibility index (Phi) is 4.85. The lowest BCUT2D eigenvalue weighted by Gasteiger charge is -2.30. The summed E-state index contributed by atoms with van der Waals surface area (Å²) in [5, 5.41) is 3.20. The number of Topliss-reactive ketones (excluding diaryl/α,β-unsaturated/α-hetero) is 1. The van der Waals surface area contributed by atoms with Crippen molar-refractivity contribution in [1.29, 1.82) is 0 Å². The number of ketones is 1. The number of ether oxygens (including phenoxy) is 2. The van der Waals surface area contributed by atoms with Crippen LogP contribution in [-0.2, 0) is 19.6 Å². The van der Waals surface area contributed by atoms with Gasteiger partial charge in [-0.15, -0.1) is 11.3 Å². The number of para-hydroxylation sites is 1. The highest BCUT2D eigenvalue weighted by Gasteiger charge is 2.33. The normalized spacial score (nSPS) is 16.7. The molecule has 0 spiro atoms. The molecule has 0 atom stereocenters. The summed E-state index contributed by atoms with van der Waals surface area (Å²) in [6.45, 7) is 7.07. The number of carbonyl (C=O) groups excluding carboxylic acids is 1. The van der Waals surface area contributed by atoms with E-state index in [0.717, 1.165) is 53.0 Å². The third kappa shape index (κ3) is 3.37. The molecule has 0 saturated carbocycles. The molecule has 5 nitrogen and oxygen atoms in total. The second-order valence-corrected chi connectivity index (χ2v) is 9.57. The second-order valence-electron chi connectivity index (χ2n) is 8.53. The number of benzene rings is 2. The van der Waals surface area contributed by atoms with E-state index in [4.69, 9.17) is 9.47 Å². The molecule has 2 aliphatic rings. The molecule has 0 saturated heterocycles. The zero-order valence-electron chi connectivity index (χ0n) is 18.6. The minimum Gasteiger partial charge on any atom is -0.477 e. The van der Waals surface area contributed by atoms with E-state index in [1.165, 1.54) is 4.88 Å². The Balaban J connectivity index is 1.34. The molecule has 4 aromatic rings. The summed E-state index contributed by atoms with van der Waals surface area (Å²) < 4.78 is 14.4. The first kappa shape index (κ1) is 20.3. The number of aryl methyl sites for hydroxylation is 1. The number of hydrogen-bond donors (Lipinski definition) is 0. The molecule has 0 bridgehead atoms. The van der Waals surface area contributed by atoms with Gasteiger partial charge in [0.1, 0.15) is 18.2 Å². The fourth-order valence-corrected chi connectivity index (χ4v) is 5.56. The van der Waals surface area contributed by atoms with Crippen LogP contribution in [-0.4, -0.2) is 22.0 Å². The molecule has 33 heavy (non-hydrogen) atoms. The number of carbonyl (C=O) groups is 1. The summed E-state index contributed by atoms with van der Waals surface area (Å²) in [7, 11) is 0. The van der Waals surface area contributed by atoms with E-state index >= 15 is 0 Å². The molecule has 0 radical (unpaired) electrons. The average molecular weight is 457 g/mol. The Morgan fingerprint density at radius 3 is 2.85 bits per heavy atom. The number of aromatic nitrogens is 1. The van der Waals surface area contributed by atoms with E-state index in [-0.39, 0.29) is 5.78 Å². The van der Waals surface area contributed by atoms with Gasteiger partial charge in [-0.1, -0.05) is 24.3 Å². The van der Waals surface area contributed by atoms with Crippen LogP contribution in [0.15, 0.2) is 59.8 Å². The smallest absolute Gasteiger partial charge is 0.231 e. The van der Waals surface area contributed by atoms with E-state index in [1.54, 1.807) is 11.3 Å². The van der Waals surface area contributed by atoms with Gasteiger partial charge in [0, 0.05) is 58.3 Å². The molecule has 2 aromatic heterocycles. The van der Waals surface area contributed by atoms with Gasteiger partial charge in [-0.2, -0.15) is 0 Å². The predicted molar refractivity (Wildman–Crippen MR) is 131 cm³/mol. The first-order valence-corrected chi connectivity index (χ1v) is 12.1. The highest BCUT2D eigenvalue weighted by Crippen LogP contribution is 2.43. The topological polar surface area (TPSA) is 43.7 Å². The van der Waals surface area contributed by atoms with Gasteiger partial charge >= 0.3 is 0 Å². The number of rotatable bonds is 4. The van der Waals surface area contributed by atoms with Crippen LogP contribution in [0.3, 0.4) is 0 Å². The molecule has 166 valence electrons. The molecule has 0 aliphatic carbocycles. The number of nitrogens with zero attached hydrogens (tertiary/aromatic N) is 2. The van der Waals surface area contributed by atoms with Crippen LogP contribution < -0.4 is 9.47 Å². The molecule has 0 fully saturated rings. The Hall–Kier alpha value is -3.35. The summed E-state index contributed by atoms with van der Waals surface area (Å²) in [4.78, 5) is 16.9. The van der Waals surface area contributed by atoms with Crippen LogP contribution in [0.1, 0.15) is 38.8 Å². The van der Waals surface area contributed by atoms with Gasteiger partial charge < -0.3 is 14.0 Å². The highest BCUT2D eigenvalue weighted by molar-refractivity contribution is 7.09. The Morgan fingerprint density at radius 2 is 2.03 bits per heavy atom. The molecule has 6 heteroatoms. The average Bonchev–Trinajstić information content (AvgIpc) is 3.54. The number of thiophene rings is 1. The fraction of sp³-hybridized carbons (Fsp3) is 0.222. The van der Waals surface area contributed by atoms with Crippen LogP contribution in [0.5, 0.6) is 11.5 Å². The Bertz CT molecular complexity index is 1420. The van der Waals surface area contributed by atoms with Gasteiger partial charge in [0.2, 0.25) is 5.78 Å². The molecule has 0 unspecified atom stereocenters. The first-order chi connectivity index (χ1) is 16.1. The van der Waals surface area contributed by atoms with Crippen molar-refractivity contribution in [3.63, 3.8) is 0 Å². The maximum Gasteiger partial charge on any atom is 0.231 e. The van der Waals surface area contributed by atoms with E-state index in [0.29, 0.717) is 23.8 Å². The molecule has 4 heterocycles. The molecule has 2 aromatic carbocycles. The second kappa shape index (κ2) is 7.90. The summed E-state index contributed by atoms with van der Waals surface area (Å²) in [5.41, 5.74) is 4.70. The van der Waals surface area contributed by atoms with E-state index < -0.39 is 0 Å². The highest BCUT2D eigenvalue weighted by atomic mass is 32.1. The minimum absolute atomic E-state index is 0.0698. The number of allylic oxidation sites excluding steroid dienone is 1. The summed E-state index contributed by atoms with van der Waals surface area (Å²) in [6, 6.07) is 14.4. The van der Waals surface area contributed by atoms with Crippen molar-refractivity contribution in [2.24, 2.45) is 0 Å². The largest absolute Gasteiger partial charge is 0.477 e. The molecular formula is C27H24N2O3S. The molecular weight excluding hydrogens is 432 g/mol. The quantitative estimate of drug-likeness (QED) is 0.353. The maximum atomic E-state index is 13.3. The first-order valence-electron chi connectivity index (χ1n) is 11.2. The maximum absolute atomic E-state index is 13.3. The monoisotopic (exact) mass is 456 g/mol. The van der Waals surface area contributed by atoms with Crippen molar-refractivity contribution in [1.82, 2.24) is 9.47 Å². The van der Waals surface area contributed by atoms with Crippen LogP contribution in [0.25, 0.3) is 17.0 Å². The number of hydrogen-bond acceptors (Lipinski definition) is 5. The lowest BCUT2D eigenvalue weighted by Crippen LogP contribution is -2.31.